The second-order valence-corrected chi connectivity index (χ2v) is 32.5. The maximum atomic E-state index is 14.1. The van der Waals surface area contributed by atoms with Crippen LogP contribution in [-0.4, -0.2) is 228 Å². The van der Waals surface area contributed by atoms with Crippen molar-refractivity contribution in [1.29, 1.82) is 0 Å². The van der Waals surface area contributed by atoms with Crippen molar-refractivity contribution < 1.29 is 76.7 Å². The lowest BCUT2D eigenvalue weighted by molar-refractivity contribution is -0.141. The molecule has 7 heterocycles. The highest BCUT2D eigenvalue weighted by atomic mass is 32.2. The number of aryl methyl sites for hydroxylation is 1. The van der Waals surface area contributed by atoms with Crippen LogP contribution in [0.25, 0.3) is 32.9 Å². The minimum absolute atomic E-state index is 0.00617. The lowest BCUT2D eigenvalue weighted by atomic mass is 9.87. The number of aliphatic carboxylic acids is 1. The minimum atomic E-state index is -1.44. The summed E-state index contributed by atoms with van der Waals surface area (Å²) in [5, 5.41) is 24.4. The van der Waals surface area contributed by atoms with Gasteiger partial charge in [-0.15, -0.1) is 0 Å². The summed E-state index contributed by atoms with van der Waals surface area (Å²) in [6.07, 6.45) is 6.74. The van der Waals surface area contributed by atoms with E-state index in [1.54, 1.807) is 36.0 Å². The van der Waals surface area contributed by atoms with E-state index in [0.29, 0.717) is 80.1 Å². The summed E-state index contributed by atoms with van der Waals surface area (Å²) in [5.41, 5.74) is 8.64. The molecular weight excluding hydrogens is 1590 g/mol. The highest BCUT2D eigenvalue weighted by molar-refractivity contribution is 8.08. The van der Waals surface area contributed by atoms with Crippen molar-refractivity contribution in [2.75, 3.05) is 109 Å². The van der Waals surface area contributed by atoms with Crippen LogP contribution in [0.3, 0.4) is 0 Å². The van der Waals surface area contributed by atoms with Gasteiger partial charge in [-0.25, -0.2) is 19.7 Å². The number of nitrogens with zero attached hydrogens (tertiary/aromatic N) is 8. The molecule has 3 aromatic heterocycles. The average molecular weight is 1690 g/mol. The number of hydrogen-bond donors (Lipinski definition) is 8. The number of urea groups is 1. The fraction of sp³-hybridized carbons (Fsp3) is 0.391. The molecule has 5 aromatic carbocycles. The Bertz CT molecular complexity index is 5260. The summed E-state index contributed by atoms with van der Waals surface area (Å²) in [6, 6.07) is 38.1. The number of methoxy groups -OCH3 is 1. The molecule has 1 saturated carbocycles. The van der Waals surface area contributed by atoms with E-state index >= 15 is 0 Å². The standard InChI is InChI=1S/C87H97N15O17S2/c1-55(103)93-68(50-74(107)108)79(109)90-53-102-73(106)31-39-100(85(102)114)69-47-56(22-27-70(69)115-4)15-14-35-92-86(2)33-40-98(41-34-86)59-29-37-99(38-30-59)84-95-66-26-23-57(65-51-97(3)81(111)75-63(65)28-36-89-75)48-64(66)78(96-84)87(119-60-24-25-60,58-16-8-5-9-17-58)52-118-54-91-80(110)67(49-71(88)104)94-72(105)32-43-116-45-46-117-44-42-101-82(112)76(120-61-18-10-6-11-19-61)77(83(101)113)121-62-20-12-7-13-21-62/h5-13,16-23,26-28,36,47-48,51,59-60,67-68,89,92H,24-25,29-35,37-46,49-50,52-54H2,1-4H3,(H2,88,104)(H,90,109)(H,91,110)(H,93,103)(H,94,105)(H,107,108)/t67-,68-,87-/m0/s1. The molecule has 4 fully saturated rings. The van der Waals surface area contributed by atoms with E-state index in [2.05, 4.69) is 60.1 Å². The summed E-state index contributed by atoms with van der Waals surface area (Å²) < 4.78 is 32.5. The molecule has 1 aliphatic carbocycles. The number of amides is 10. The second-order valence-electron chi connectivity index (χ2n) is 30.3. The number of rotatable bonds is 38. The number of primary amides is 1. The molecule has 634 valence electrons. The molecule has 3 saturated heterocycles. The molecule has 10 amide bonds. The zero-order chi connectivity index (χ0) is 85.3. The van der Waals surface area contributed by atoms with Crippen LogP contribution >= 0.6 is 23.5 Å². The molecule has 8 aromatic rings. The van der Waals surface area contributed by atoms with E-state index in [9.17, 15) is 57.8 Å². The first-order valence-corrected chi connectivity index (χ1v) is 41.8. The number of carboxylic acid groups (broad SMARTS) is 1. The predicted molar refractivity (Wildman–Crippen MR) is 452 cm³/mol. The number of likely N-dealkylation sites (tertiary alicyclic amines) is 1. The highest BCUT2D eigenvalue weighted by Gasteiger charge is 2.46. The van der Waals surface area contributed by atoms with Crippen LogP contribution in [0.5, 0.6) is 5.75 Å². The van der Waals surface area contributed by atoms with Crippen molar-refractivity contribution in [1.82, 2.24) is 60.8 Å². The van der Waals surface area contributed by atoms with E-state index in [1.165, 1.54) is 40.4 Å². The zero-order valence-corrected chi connectivity index (χ0v) is 69.2. The summed E-state index contributed by atoms with van der Waals surface area (Å²) in [4.78, 5) is 168. The molecule has 3 atom stereocenters. The highest BCUT2D eigenvalue weighted by Crippen LogP contribution is 2.46. The number of H-pyrrole nitrogens is 1. The molecule has 5 aliphatic rings. The maximum Gasteiger partial charge on any atom is 0.332 e. The number of fused-ring (bicyclic) bond motifs is 2. The normalized spacial score (nSPS) is 16.8. The van der Waals surface area contributed by atoms with Gasteiger partial charge in [0.15, 0.2) is 5.60 Å². The van der Waals surface area contributed by atoms with Crippen LogP contribution < -0.4 is 52.4 Å². The molecule has 0 bridgehead atoms. The first-order valence-electron chi connectivity index (χ1n) is 40.1. The van der Waals surface area contributed by atoms with Gasteiger partial charge in [-0.05, 0) is 117 Å². The quantitative estimate of drug-likeness (QED) is 0.00871. The van der Waals surface area contributed by atoms with Gasteiger partial charge in [-0.3, -0.25) is 57.7 Å². The molecule has 13 rings (SSSR count). The average Bonchev–Trinajstić information content (AvgIpc) is 1.43. The van der Waals surface area contributed by atoms with Gasteiger partial charge in [-0.1, -0.05) is 108 Å². The van der Waals surface area contributed by atoms with E-state index in [-0.39, 0.29) is 82.2 Å². The summed E-state index contributed by atoms with van der Waals surface area (Å²) in [5.74, 6) is 0.918. The monoisotopic (exact) mass is 1690 g/mol. The van der Waals surface area contributed by atoms with Crippen molar-refractivity contribution >= 4 is 116 Å². The van der Waals surface area contributed by atoms with Gasteiger partial charge in [0.1, 0.15) is 36.7 Å². The number of benzene rings is 5. The molecule has 34 heteroatoms. The van der Waals surface area contributed by atoms with E-state index < -0.39 is 103 Å². The van der Waals surface area contributed by atoms with Crippen LogP contribution in [0, 0.1) is 11.8 Å². The Hall–Kier alpha value is -11.8. The lowest BCUT2D eigenvalue weighted by Crippen LogP contribution is -2.57. The van der Waals surface area contributed by atoms with Gasteiger partial charge in [-0.2, -0.15) is 0 Å². The third-order valence-corrected chi connectivity index (χ3v) is 24.0. The molecule has 0 spiro atoms. The fourth-order valence-corrected chi connectivity index (χ4v) is 17.2. The van der Waals surface area contributed by atoms with Crippen molar-refractivity contribution in [3.05, 3.63) is 183 Å². The molecule has 32 nitrogen and oxygen atoms in total. The van der Waals surface area contributed by atoms with Crippen LogP contribution in [0.4, 0.5) is 16.4 Å². The Morgan fingerprint density at radius 1 is 0.727 bits per heavy atom. The van der Waals surface area contributed by atoms with Crippen molar-refractivity contribution in [3.8, 4) is 28.7 Å². The Labute approximate surface area is 706 Å². The molecule has 121 heavy (non-hydrogen) atoms. The number of carbonyl (C=O) groups is 10. The second kappa shape index (κ2) is 40.0. The molecule has 0 radical (unpaired) electrons. The number of imide groups is 2. The van der Waals surface area contributed by atoms with Crippen molar-refractivity contribution in [3.63, 3.8) is 0 Å². The topological polar surface area (TPSA) is 403 Å². The van der Waals surface area contributed by atoms with E-state index in [1.807, 2.05) is 121 Å². The van der Waals surface area contributed by atoms with Gasteiger partial charge in [0.05, 0.1) is 98.9 Å². The van der Waals surface area contributed by atoms with Crippen molar-refractivity contribution in [2.45, 2.75) is 123 Å². The summed E-state index contributed by atoms with van der Waals surface area (Å²) >= 11 is 2.48. The number of pyridine rings is 1. The number of carboxylic acids is 1. The van der Waals surface area contributed by atoms with Gasteiger partial charge >= 0.3 is 12.0 Å². The van der Waals surface area contributed by atoms with Crippen LogP contribution in [0.2, 0.25) is 0 Å². The number of aromatic nitrogens is 4. The lowest BCUT2D eigenvalue weighted by Gasteiger charge is -2.45. The maximum absolute atomic E-state index is 14.1. The number of ether oxygens (including phenoxy) is 5. The first-order chi connectivity index (χ1) is 58.4. The molecular formula is C87H97N15O17S2. The number of anilines is 2. The van der Waals surface area contributed by atoms with E-state index in [0.717, 1.165) is 89.7 Å². The Morgan fingerprint density at radius 2 is 1.39 bits per heavy atom. The number of aromatic amines is 1. The summed E-state index contributed by atoms with van der Waals surface area (Å²) in [6.45, 7) is 5.69. The number of carbonyl (C=O) groups excluding carboxylic acids is 9. The van der Waals surface area contributed by atoms with Gasteiger partial charge in [0, 0.05) is 115 Å². The first kappa shape index (κ1) is 87.0. The smallest absolute Gasteiger partial charge is 0.332 e. The van der Waals surface area contributed by atoms with Gasteiger partial charge < -0.3 is 80.5 Å². The van der Waals surface area contributed by atoms with E-state index in [4.69, 9.17) is 39.4 Å². The SMILES string of the molecule is COc1ccc(C#CCNC2(C)CCN(C3CCN(c4nc([C@@](COCNC(=O)[C@H](CC(N)=O)NC(=O)CCOCCOCCN5C(=O)C(Sc6ccccc6)=C(Sc6ccccc6)C5=O)(OC5CC5)c5ccccc5)c5cc(-c6cn(C)c(=O)c7[nH]ccc67)ccc5n4)CC3)CC2)cc1N1CCC(=O)N(CNC(=O)[C@H](CC(=O)O)NC(C)=O)C1=O. The van der Waals surface area contributed by atoms with Crippen LogP contribution in [0.15, 0.2) is 170 Å². The molecule has 0 unspecified atom stereocenters. The third-order valence-electron chi connectivity index (χ3n) is 21.7. The fourth-order valence-electron chi connectivity index (χ4n) is 15.1. The number of nitrogens with one attached hydrogen (secondary N) is 6. The Morgan fingerprint density at radius 3 is 2.04 bits per heavy atom. The van der Waals surface area contributed by atoms with Crippen LogP contribution in [0.1, 0.15) is 94.9 Å². The predicted octanol–water partition coefficient (Wildman–Crippen LogP) is 6.62. The number of nitrogens with two attached hydrogens (primary N) is 1. The van der Waals surface area contributed by atoms with Gasteiger partial charge in [0.25, 0.3) is 17.4 Å². The minimum Gasteiger partial charge on any atom is -0.495 e. The number of thioether (sulfide) groups is 2. The van der Waals surface area contributed by atoms with Crippen molar-refractivity contribution in [2.24, 2.45) is 12.8 Å². The Kier molecular flexibility index (Phi) is 28.8. The zero-order valence-electron chi connectivity index (χ0n) is 67.6. The van der Waals surface area contributed by atoms with Crippen LogP contribution in [-0.2, 0) is 74.7 Å². The molecule has 9 N–H and O–H groups in total. The largest absolute Gasteiger partial charge is 0.495 e. The Balaban J connectivity index is 0.636. The number of hydrogen-bond acceptors (Lipinski definition) is 23. The summed E-state index contributed by atoms with van der Waals surface area (Å²) in [7, 11) is 3.16. The van der Waals surface area contributed by atoms with Gasteiger partial charge in [0.2, 0.25) is 41.4 Å². The third kappa shape index (κ3) is 21.7. The molecule has 4 aliphatic heterocycles. The number of piperidine rings is 2.